The number of rotatable bonds is 6. The minimum atomic E-state index is 0. The summed E-state index contributed by atoms with van der Waals surface area (Å²) in [7, 11) is 0. The van der Waals surface area contributed by atoms with Crippen molar-refractivity contribution in [3.05, 3.63) is 0 Å². The van der Waals surface area contributed by atoms with Crippen molar-refractivity contribution < 1.29 is 32.2 Å². The summed E-state index contributed by atoms with van der Waals surface area (Å²) in [5.74, 6) is 0. The molecule has 0 rings (SSSR count). The molecule has 61 valence electrons. The Hall–Kier alpha value is 0.660. The SMILES string of the molecule is CCCCCOCCO.[Nb]. The van der Waals surface area contributed by atoms with Crippen LogP contribution in [0.25, 0.3) is 0 Å². The monoisotopic (exact) mass is 225 g/mol. The number of hydrogen-bond donors (Lipinski definition) is 1. The summed E-state index contributed by atoms with van der Waals surface area (Å²) in [5.41, 5.74) is 0. The molecule has 0 spiro atoms. The smallest absolute Gasteiger partial charge is 0.0697 e. The molecule has 0 aromatic rings. The van der Waals surface area contributed by atoms with E-state index in [1.165, 1.54) is 12.8 Å². The van der Waals surface area contributed by atoms with E-state index in [4.69, 9.17) is 9.84 Å². The minimum Gasteiger partial charge on any atom is -0.394 e. The Balaban J connectivity index is 0. The Bertz CT molecular complexity index is 44.9. The normalized spacial score (nSPS) is 9.00. The minimum absolute atomic E-state index is 0. The first kappa shape index (κ1) is 13.3. The van der Waals surface area contributed by atoms with E-state index in [0.717, 1.165) is 13.0 Å². The second kappa shape index (κ2) is 12.3. The van der Waals surface area contributed by atoms with Crippen molar-refractivity contribution in [3.8, 4) is 0 Å². The van der Waals surface area contributed by atoms with Crippen molar-refractivity contribution in [1.29, 1.82) is 0 Å². The van der Waals surface area contributed by atoms with E-state index in [9.17, 15) is 0 Å². The van der Waals surface area contributed by atoms with Gasteiger partial charge in [0, 0.05) is 29.0 Å². The van der Waals surface area contributed by atoms with Crippen molar-refractivity contribution in [3.63, 3.8) is 0 Å². The van der Waals surface area contributed by atoms with Crippen LogP contribution >= 0.6 is 0 Å². The molecule has 0 fully saturated rings. The zero-order valence-electron chi connectivity index (χ0n) is 6.55. The van der Waals surface area contributed by atoms with E-state index >= 15 is 0 Å². The van der Waals surface area contributed by atoms with Gasteiger partial charge in [-0.15, -0.1) is 0 Å². The van der Waals surface area contributed by atoms with E-state index < -0.39 is 0 Å². The molecule has 1 N–H and O–H groups in total. The number of unbranched alkanes of at least 4 members (excludes halogenated alkanes) is 2. The first-order valence-corrected chi connectivity index (χ1v) is 3.60. The van der Waals surface area contributed by atoms with E-state index in [2.05, 4.69) is 6.92 Å². The maximum Gasteiger partial charge on any atom is 0.0697 e. The summed E-state index contributed by atoms with van der Waals surface area (Å²) in [6, 6.07) is 0. The number of hydrogen-bond acceptors (Lipinski definition) is 2. The van der Waals surface area contributed by atoms with Crippen LogP contribution in [0.3, 0.4) is 0 Å². The fourth-order valence-electron chi connectivity index (χ4n) is 0.621. The summed E-state index contributed by atoms with van der Waals surface area (Å²) in [5, 5.41) is 8.30. The summed E-state index contributed by atoms with van der Waals surface area (Å²) in [6.45, 7) is 3.59. The van der Waals surface area contributed by atoms with Crippen LogP contribution in [0.1, 0.15) is 26.2 Å². The predicted molar refractivity (Wildman–Crippen MR) is 37.4 cm³/mol. The van der Waals surface area contributed by atoms with Crippen LogP contribution in [0.15, 0.2) is 0 Å². The molecule has 0 aliphatic heterocycles. The largest absolute Gasteiger partial charge is 0.394 e. The van der Waals surface area contributed by atoms with Gasteiger partial charge in [-0.25, -0.2) is 0 Å². The van der Waals surface area contributed by atoms with Crippen molar-refractivity contribution in [1.82, 2.24) is 0 Å². The third kappa shape index (κ3) is 11.5. The molecule has 0 unspecified atom stereocenters. The molecule has 0 aromatic carbocycles. The van der Waals surface area contributed by atoms with Gasteiger partial charge in [-0.2, -0.15) is 0 Å². The Labute approximate surface area is 78.5 Å². The van der Waals surface area contributed by atoms with Crippen molar-refractivity contribution in [2.45, 2.75) is 26.2 Å². The molecule has 0 atom stereocenters. The van der Waals surface area contributed by atoms with Crippen molar-refractivity contribution >= 4 is 0 Å². The summed E-state index contributed by atoms with van der Waals surface area (Å²) in [4.78, 5) is 0. The van der Waals surface area contributed by atoms with Gasteiger partial charge in [-0.05, 0) is 6.42 Å². The first-order chi connectivity index (χ1) is 4.41. The second-order valence-electron chi connectivity index (χ2n) is 2.04. The van der Waals surface area contributed by atoms with Crippen LogP contribution in [0, 0.1) is 0 Å². The molecule has 0 aromatic heterocycles. The Morgan fingerprint density at radius 1 is 1.20 bits per heavy atom. The average Bonchev–Trinajstić information content (AvgIpc) is 1.89. The van der Waals surface area contributed by atoms with E-state index in [1.807, 2.05) is 0 Å². The fourth-order valence-corrected chi connectivity index (χ4v) is 0.621. The van der Waals surface area contributed by atoms with E-state index in [0.29, 0.717) is 6.61 Å². The van der Waals surface area contributed by atoms with Crippen LogP contribution in [-0.2, 0) is 27.1 Å². The topological polar surface area (TPSA) is 29.5 Å². The molecule has 3 heteroatoms. The summed E-state index contributed by atoms with van der Waals surface area (Å²) in [6.07, 6.45) is 3.57. The van der Waals surface area contributed by atoms with Gasteiger partial charge in [0.25, 0.3) is 0 Å². The molecule has 0 aliphatic rings. The number of aliphatic hydroxyl groups excluding tert-OH is 1. The summed E-state index contributed by atoms with van der Waals surface area (Å²) >= 11 is 0. The zero-order valence-corrected chi connectivity index (χ0v) is 8.74. The van der Waals surface area contributed by atoms with Crippen LogP contribution in [0.4, 0.5) is 0 Å². The molecule has 0 saturated carbocycles. The number of aliphatic hydroxyl groups is 1. The molecule has 0 bridgehead atoms. The van der Waals surface area contributed by atoms with E-state index in [-0.39, 0.29) is 29.0 Å². The van der Waals surface area contributed by atoms with Crippen molar-refractivity contribution in [2.75, 3.05) is 19.8 Å². The zero-order chi connectivity index (χ0) is 6.95. The third-order valence-corrected chi connectivity index (χ3v) is 1.13. The molecule has 0 heterocycles. The summed E-state index contributed by atoms with van der Waals surface area (Å²) < 4.78 is 5.03. The van der Waals surface area contributed by atoms with Gasteiger partial charge < -0.3 is 9.84 Å². The molecule has 0 amide bonds. The molecular formula is C7H16NbO2. The molecule has 1 radical (unpaired) electrons. The molecule has 0 saturated heterocycles. The predicted octanol–water partition coefficient (Wildman–Crippen LogP) is 1.18. The van der Waals surface area contributed by atoms with Gasteiger partial charge in [-0.1, -0.05) is 19.8 Å². The second-order valence-corrected chi connectivity index (χ2v) is 2.04. The quantitative estimate of drug-likeness (QED) is 0.543. The molecular weight excluding hydrogens is 209 g/mol. The van der Waals surface area contributed by atoms with Crippen LogP contribution in [0.5, 0.6) is 0 Å². The Kier molecular flexibility index (Phi) is 16.4. The maximum atomic E-state index is 8.30. The van der Waals surface area contributed by atoms with Gasteiger partial charge in [0.1, 0.15) is 0 Å². The van der Waals surface area contributed by atoms with Gasteiger partial charge in [0.15, 0.2) is 0 Å². The molecule has 2 nitrogen and oxygen atoms in total. The van der Waals surface area contributed by atoms with Crippen LogP contribution in [-0.4, -0.2) is 24.9 Å². The fraction of sp³-hybridized carbons (Fsp3) is 1.00. The van der Waals surface area contributed by atoms with E-state index in [1.54, 1.807) is 0 Å². The Morgan fingerprint density at radius 2 is 1.90 bits per heavy atom. The third-order valence-electron chi connectivity index (χ3n) is 1.13. The standard InChI is InChI=1S/C7H16O2.Nb/c1-2-3-4-6-9-7-5-8;/h8H,2-7H2,1H3;. The average molecular weight is 225 g/mol. The van der Waals surface area contributed by atoms with Gasteiger partial charge in [0.2, 0.25) is 0 Å². The van der Waals surface area contributed by atoms with Crippen molar-refractivity contribution in [2.24, 2.45) is 0 Å². The number of ether oxygens (including phenoxy) is 1. The van der Waals surface area contributed by atoms with Gasteiger partial charge in [-0.3, -0.25) is 0 Å². The maximum absolute atomic E-state index is 8.30. The van der Waals surface area contributed by atoms with Crippen LogP contribution in [0.2, 0.25) is 0 Å². The Morgan fingerprint density at radius 3 is 2.40 bits per heavy atom. The first-order valence-electron chi connectivity index (χ1n) is 3.60. The van der Waals surface area contributed by atoms with Crippen LogP contribution < -0.4 is 0 Å². The molecule has 10 heavy (non-hydrogen) atoms. The van der Waals surface area contributed by atoms with Gasteiger partial charge >= 0.3 is 0 Å². The molecule has 0 aliphatic carbocycles. The van der Waals surface area contributed by atoms with Gasteiger partial charge in [0.05, 0.1) is 13.2 Å².